The topological polar surface area (TPSA) is 68.5 Å². The van der Waals surface area contributed by atoms with Crippen molar-refractivity contribution < 1.29 is 0 Å². The van der Waals surface area contributed by atoms with Crippen LogP contribution in [0.15, 0.2) is 18.5 Å². The first kappa shape index (κ1) is 10.5. The molecule has 1 N–H and O–H groups in total. The van der Waals surface area contributed by atoms with E-state index in [-0.39, 0.29) is 10.8 Å². The van der Waals surface area contributed by atoms with Gasteiger partial charge < -0.3 is 5.32 Å². The van der Waals surface area contributed by atoms with Crippen LogP contribution in [0.2, 0.25) is 5.28 Å². The van der Waals surface area contributed by atoms with Crippen molar-refractivity contribution in [3.05, 3.63) is 23.7 Å². The minimum Gasteiger partial charge on any atom is -0.349 e. The van der Waals surface area contributed by atoms with E-state index in [4.69, 9.17) is 11.6 Å². The van der Waals surface area contributed by atoms with Crippen LogP contribution < -0.4 is 5.32 Å². The molecule has 0 spiro atoms. The summed E-state index contributed by atoms with van der Waals surface area (Å²) >= 11 is 5.87. The Morgan fingerprint density at radius 1 is 1.35 bits per heavy atom. The van der Waals surface area contributed by atoms with Crippen molar-refractivity contribution in [3.63, 3.8) is 0 Å². The van der Waals surface area contributed by atoms with E-state index in [1.165, 1.54) is 0 Å². The summed E-state index contributed by atoms with van der Waals surface area (Å²) in [7, 11) is 0. The van der Waals surface area contributed by atoms with Gasteiger partial charge >= 0.3 is 0 Å². The highest BCUT2D eigenvalue weighted by Gasteiger charge is 2.38. The van der Waals surface area contributed by atoms with Gasteiger partial charge in [0.15, 0.2) is 0 Å². The average molecular weight is 251 g/mol. The summed E-state index contributed by atoms with van der Waals surface area (Å²) in [5, 5.41) is 7.47. The largest absolute Gasteiger partial charge is 0.349 e. The molecule has 1 aliphatic carbocycles. The molecular weight excluding hydrogens is 240 g/mol. The summed E-state index contributed by atoms with van der Waals surface area (Å²) in [6, 6.07) is 1.80. The van der Waals surface area contributed by atoms with E-state index in [9.17, 15) is 0 Å². The molecule has 6 nitrogen and oxygen atoms in total. The lowest BCUT2D eigenvalue weighted by Gasteiger charge is -2.11. The molecule has 7 heteroatoms. The molecule has 2 aromatic rings. The molecule has 0 saturated heterocycles. The van der Waals surface area contributed by atoms with E-state index in [0.29, 0.717) is 11.9 Å². The highest BCUT2D eigenvalue weighted by molar-refractivity contribution is 6.28. The van der Waals surface area contributed by atoms with Crippen LogP contribution in [0, 0.1) is 0 Å². The number of rotatable bonds is 3. The summed E-state index contributed by atoms with van der Waals surface area (Å²) in [5.41, 5.74) is 0.103. The SMILES string of the molecule is CC1(Nc2nc(Cl)nc(-n3cccn3)n2)CC1. The second kappa shape index (κ2) is 3.66. The molecular formula is C10H11ClN6. The van der Waals surface area contributed by atoms with Gasteiger partial charge in [0, 0.05) is 17.9 Å². The molecule has 1 aliphatic rings. The van der Waals surface area contributed by atoms with Crippen LogP contribution >= 0.6 is 11.6 Å². The van der Waals surface area contributed by atoms with Gasteiger partial charge in [-0.1, -0.05) is 0 Å². The lowest BCUT2D eigenvalue weighted by atomic mass is 10.3. The van der Waals surface area contributed by atoms with Crippen molar-refractivity contribution in [2.45, 2.75) is 25.3 Å². The smallest absolute Gasteiger partial charge is 0.256 e. The molecule has 1 fully saturated rings. The van der Waals surface area contributed by atoms with Gasteiger partial charge in [-0.2, -0.15) is 20.1 Å². The standard InChI is InChI=1S/C10H11ClN6/c1-10(3-4-10)16-8-13-7(11)14-9(15-8)17-6-2-5-12-17/h2,5-6H,3-4H2,1H3,(H,13,14,15,16). The second-order valence-corrected chi connectivity index (χ2v) is 4.70. The van der Waals surface area contributed by atoms with E-state index in [1.54, 1.807) is 23.1 Å². The second-order valence-electron chi connectivity index (χ2n) is 4.36. The molecule has 0 amide bonds. The third-order valence-corrected chi connectivity index (χ3v) is 2.89. The Kier molecular flexibility index (Phi) is 2.25. The zero-order valence-electron chi connectivity index (χ0n) is 9.26. The van der Waals surface area contributed by atoms with E-state index in [1.807, 2.05) is 0 Å². The first-order valence-electron chi connectivity index (χ1n) is 5.34. The number of aromatic nitrogens is 5. The highest BCUT2D eigenvalue weighted by atomic mass is 35.5. The average Bonchev–Trinajstić information content (AvgIpc) is 2.83. The molecule has 17 heavy (non-hydrogen) atoms. The Morgan fingerprint density at radius 2 is 2.18 bits per heavy atom. The zero-order valence-corrected chi connectivity index (χ0v) is 10.0. The van der Waals surface area contributed by atoms with Crippen molar-refractivity contribution in [1.29, 1.82) is 0 Å². The maximum absolute atomic E-state index is 5.87. The van der Waals surface area contributed by atoms with Crippen molar-refractivity contribution >= 4 is 17.5 Å². The van der Waals surface area contributed by atoms with Gasteiger partial charge in [0.1, 0.15) is 0 Å². The number of nitrogens with zero attached hydrogens (tertiary/aromatic N) is 5. The van der Waals surface area contributed by atoms with Gasteiger partial charge in [0.25, 0.3) is 5.95 Å². The molecule has 2 heterocycles. The van der Waals surface area contributed by atoms with Crippen molar-refractivity contribution in [3.8, 4) is 5.95 Å². The maximum Gasteiger partial charge on any atom is 0.256 e. The Hall–Kier alpha value is -1.69. The van der Waals surface area contributed by atoms with E-state index >= 15 is 0 Å². The first-order valence-corrected chi connectivity index (χ1v) is 5.72. The van der Waals surface area contributed by atoms with Gasteiger partial charge in [0.05, 0.1) is 0 Å². The van der Waals surface area contributed by atoms with Crippen LogP contribution in [-0.4, -0.2) is 30.3 Å². The Morgan fingerprint density at radius 3 is 2.82 bits per heavy atom. The summed E-state index contributed by atoms with van der Waals surface area (Å²) in [6.07, 6.45) is 5.65. The monoisotopic (exact) mass is 250 g/mol. The van der Waals surface area contributed by atoms with Crippen LogP contribution in [-0.2, 0) is 0 Å². The van der Waals surface area contributed by atoms with Gasteiger partial charge in [-0.05, 0) is 37.4 Å². The fourth-order valence-corrected chi connectivity index (χ4v) is 1.62. The first-order chi connectivity index (χ1) is 8.15. The van der Waals surface area contributed by atoms with Crippen molar-refractivity contribution in [2.24, 2.45) is 0 Å². The number of hydrogen-bond donors (Lipinski definition) is 1. The lowest BCUT2D eigenvalue weighted by Crippen LogP contribution is -2.19. The summed E-state index contributed by atoms with van der Waals surface area (Å²) < 4.78 is 1.55. The van der Waals surface area contributed by atoms with Gasteiger partial charge in [-0.25, -0.2) is 4.68 Å². The lowest BCUT2D eigenvalue weighted by molar-refractivity contribution is 0.769. The quantitative estimate of drug-likeness (QED) is 0.898. The van der Waals surface area contributed by atoms with Crippen molar-refractivity contribution in [1.82, 2.24) is 24.7 Å². The Bertz CT molecular complexity index is 534. The predicted molar refractivity (Wildman–Crippen MR) is 63.2 cm³/mol. The van der Waals surface area contributed by atoms with Crippen LogP contribution in [0.25, 0.3) is 5.95 Å². The minimum atomic E-state index is 0.103. The summed E-state index contributed by atoms with van der Waals surface area (Å²) in [4.78, 5) is 12.4. The number of anilines is 1. The predicted octanol–water partition coefficient (Wildman–Crippen LogP) is 1.68. The fraction of sp³-hybridized carbons (Fsp3) is 0.400. The van der Waals surface area contributed by atoms with Gasteiger partial charge in [-0.3, -0.25) is 0 Å². The molecule has 0 bridgehead atoms. The highest BCUT2D eigenvalue weighted by Crippen LogP contribution is 2.37. The molecule has 3 rings (SSSR count). The van der Waals surface area contributed by atoms with Gasteiger partial charge in [-0.15, -0.1) is 0 Å². The van der Waals surface area contributed by atoms with Gasteiger partial charge in [0.2, 0.25) is 11.2 Å². The van der Waals surface area contributed by atoms with Crippen LogP contribution in [0.5, 0.6) is 0 Å². The third kappa shape index (κ3) is 2.21. The van der Waals surface area contributed by atoms with E-state index < -0.39 is 0 Å². The summed E-state index contributed by atoms with van der Waals surface area (Å²) in [6.45, 7) is 2.12. The van der Waals surface area contributed by atoms with Crippen LogP contribution in [0.3, 0.4) is 0 Å². The molecule has 0 aliphatic heterocycles. The molecule has 0 radical (unpaired) electrons. The molecule has 0 atom stereocenters. The number of hydrogen-bond acceptors (Lipinski definition) is 5. The molecule has 0 aromatic carbocycles. The van der Waals surface area contributed by atoms with Crippen molar-refractivity contribution in [2.75, 3.05) is 5.32 Å². The van der Waals surface area contributed by atoms with E-state index in [0.717, 1.165) is 12.8 Å². The minimum absolute atomic E-state index is 0.103. The molecule has 2 aromatic heterocycles. The number of nitrogens with one attached hydrogen (secondary N) is 1. The van der Waals surface area contributed by atoms with Crippen LogP contribution in [0.4, 0.5) is 5.95 Å². The maximum atomic E-state index is 5.87. The Labute approximate surface area is 103 Å². The van der Waals surface area contributed by atoms with Crippen LogP contribution in [0.1, 0.15) is 19.8 Å². The molecule has 0 unspecified atom stereocenters. The normalized spacial score (nSPS) is 16.8. The molecule has 88 valence electrons. The molecule has 1 saturated carbocycles. The third-order valence-electron chi connectivity index (χ3n) is 2.72. The fourth-order valence-electron chi connectivity index (χ4n) is 1.47. The zero-order chi connectivity index (χ0) is 11.9. The number of halogens is 1. The van der Waals surface area contributed by atoms with E-state index in [2.05, 4.69) is 32.3 Å². The Balaban J connectivity index is 1.95. The summed E-state index contributed by atoms with van der Waals surface area (Å²) in [5.74, 6) is 0.914.